The highest BCUT2D eigenvalue weighted by Crippen LogP contribution is 2.16. The third-order valence-electron chi connectivity index (χ3n) is 3.04. The third kappa shape index (κ3) is 3.96. The van der Waals surface area contributed by atoms with Crippen molar-refractivity contribution >= 4 is 5.97 Å². The molecule has 0 amide bonds. The standard InChI is InChI=1S/C14H20N2O4/c1-4-6-16-10(2)8-12(17)14(20)11(16)9-15(3)7-5-13(18)19/h4,8,20H,1,5-7,9H2,2-3H3,(H,18,19). The molecule has 0 aliphatic rings. The van der Waals surface area contributed by atoms with E-state index in [1.807, 2.05) is 0 Å². The molecule has 6 nitrogen and oxygen atoms in total. The van der Waals surface area contributed by atoms with Gasteiger partial charge in [0.25, 0.3) is 0 Å². The Morgan fingerprint density at radius 1 is 1.55 bits per heavy atom. The van der Waals surface area contributed by atoms with Crippen LogP contribution in [0.3, 0.4) is 0 Å². The lowest BCUT2D eigenvalue weighted by Crippen LogP contribution is -2.26. The van der Waals surface area contributed by atoms with E-state index in [-0.39, 0.29) is 12.2 Å². The summed E-state index contributed by atoms with van der Waals surface area (Å²) in [7, 11) is 1.74. The molecule has 1 aromatic rings. The number of carbonyl (C=O) groups is 1. The summed E-state index contributed by atoms with van der Waals surface area (Å²) in [6.45, 7) is 6.55. The Kier molecular flexibility index (Phi) is 5.52. The van der Waals surface area contributed by atoms with Crippen LogP contribution in [0, 0.1) is 6.92 Å². The van der Waals surface area contributed by atoms with Gasteiger partial charge in [0.2, 0.25) is 5.43 Å². The minimum absolute atomic E-state index is 0.00870. The lowest BCUT2D eigenvalue weighted by Gasteiger charge is -2.21. The van der Waals surface area contributed by atoms with E-state index in [2.05, 4.69) is 6.58 Å². The average molecular weight is 280 g/mol. The summed E-state index contributed by atoms with van der Waals surface area (Å²) in [4.78, 5) is 24.0. The van der Waals surface area contributed by atoms with E-state index in [0.717, 1.165) is 5.69 Å². The van der Waals surface area contributed by atoms with Crippen molar-refractivity contribution in [2.75, 3.05) is 13.6 Å². The minimum Gasteiger partial charge on any atom is -0.503 e. The van der Waals surface area contributed by atoms with Crippen LogP contribution in [-0.2, 0) is 17.9 Å². The van der Waals surface area contributed by atoms with Gasteiger partial charge in [-0.3, -0.25) is 14.5 Å². The number of aromatic nitrogens is 1. The van der Waals surface area contributed by atoms with Gasteiger partial charge in [0.1, 0.15) is 0 Å². The molecule has 20 heavy (non-hydrogen) atoms. The van der Waals surface area contributed by atoms with Gasteiger partial charge in [0.15, 0.2) is 5.75 Å². The van der Waals surface area contributed by atoms with E-state index in [0.29, 0.717) is 25.3 Å². The van der Waals surface area contributed by atoms with E-state index >= 15 is 0 Å². The summed E-state index contributed by atoms with van der Waals surface area (Å²) >= 11 is 0. The van der Waals surface area contributed by atoms with Crippen LogP contribution in [0.1, 0.15) is 17.8 Å². The van der Waals surface area contributed by atoms with Crippen LogP contribution in [0.5, 0.6) is 5.75 Å². The molecule has 0 spiro atoms. The second-order valence-electron chi connectivity index (χ2n) is 4.73. The normalized spacial score (nSPS) is 10.8. The lowest BCUT2D eigenvalue weighted by molar-refractivity contribution is -0.137. The van der Waals surface area contributed by atoms with Crippen LogP contribution in [0.25, 0.3) is 0 Å². The smallest absolute Gasteiger partial charge is 0.304 e. The van der Waals surface area contributed by atoms with Gasteiger partial charge in [0, 0.05) is 31.4 Å². The predicted octanol–water partition coefficient (Wildman–Crippen LogP) is 0.955. The molecule has 0 atom stereocenters. The van der Waals surface area contributed by atoms with Crippen LogP contribution in [0.15, 0.2) is 23.5 Å². The third-order valence-corrected chi connectivity index (χ3v) is 3.04. The Bertz CT molecular complexity index is 563. The molecule has 1 rings (SSSR count). The number of hydrogen-bond donors (Lipinski definition) is 2. The maximum Gasteiger partial charge on any atom is 0.304 e. The number of allylic oxidation sites excluding steroid dienone is 1. The zero-order chi connectivity index (χ0) is 15.3. The average Bonchev–Trinajstić information content (AvgIpc) is 2.37. The molecule has 0 saturated carbocycles. The number of aryl methyl sites for hydroxylation is 1. The Hall–Kier alpha value is -2.08. The van der Waals surface area contributed by atoms with Gasteiger partial charge in [-0.05, 0) is 14.0 Å². The summed E-state index contributed by atoms with van der Waals surface area (Å²) in [5.74, 6) is -1.17. The second kappa shape index (κ2) is 6.91. The second-order valence-corrected chi connectivity index (χ2v) is 4.73. The predicted molar refractivity (Wildman–Crippen MR) is 75.9 cm³/mol. The van der Waals surface area contributed by atoms with Crippen LogP contribution in [0.2, 0.25) is 0 Å². The fourth-order valence-corrected chi connectivity index (χ4v) is 1.98. The minimum atomic E-state index is -0.881. The number of carboxylic acids is 1. The largest absolute Gasteiger partial charge is 0.503 e. The Morgan fingerprint density at radius 2 is 2.20 bits per heavy atom. The van der Waals surface area contributed by atoms with Crippen LogP contribution in [-0.4, -0.2) is 39.2 Å². The Balaban J connectivity index is 3.05. The van der Waals surface area contributed by atoms with Gasteiger partial charge in [-0.1, -0.05) is 6.08 Å². The Labute approximate surface area is 117 Å². The number of carboxylic acid groups (broad SMARTS) is 1. The van der Waals surface area contributed by atoms with Gasteiger partial charge in [-0.25, -0.2) is 0 Å². The van der Waals surface area contributed by atoms with Gasteiger partial charge < -0.3 is 14.8 Å². The molecule has 2 N–H and O–H groups in total. The van der Waals surface area contributed by atoms with E-state index in [4.69, 9.17) is 5.11 Å². The molecular weight excluding hydrogens is 260 g/mol. The number of nitrogens with zero attached hydrogens (tertiary/aromatic N) is 2. The van der Waals surface area contributed by atoms with Crippen molar-refractivity contribution in [1.82, 2.24) is 9.47 Å². The highest BCUT2D eigenvalue weighted by atomic mass is 16.4. The highest BCUT2D eigenvalue weighted by Gasteiger charge is 2.14. The maximum absolute atomic E-state index is 11.7. The Morgan fingerprint density at radius 3 is 2.75 bits per heavy atom. The molecule has 0 aliphatic heterocycles. The molecule has 0 fully saturated rings. The van der Waals surface area contributed by atoms with Crippen LogP contribution >= 0.6 is 0 Å². The van der Waals surface area contributed by atoms with E-state index in [1.54, 1.807) is 29.5 Å². The summed E-state index contributed by atoms with van der Waals surface area (Å²) in [6, 6.07) is 1.37. The molecule has 0 aliphatic carbocycles. The zero-order valence-corrected chi connectivity index (χ0v) is 11.8. The number of hydrogen-bond acceptors (Lipinski definition) is 4. The molecule has 0 radical (unpaired) electrons. The van der Waals surface area contributed by atoms with E-state index < -0.39 is 11.4 Å². The van der Waals surface area contributed by atoms with E-state index in [9.17, 15) is 14.7 Å². The van der Waals surface area contributed by atoms with Crippen molar-refractivity contribution < 1.29 is 15.0 Å². The maximum atomic E-state index is 11.7. The zero-order valence-electron chi connectivity index (χ0n) is 11.8. The first-order valence-corrected chi connectivity index (χ1v) is 6.30. The summed E-state index contributed by atoms with van der Waals surface area (Å²) in [5, 5.41) is 18.6. The molecule has 0 unspecified atom stereocenters. The topological polar surface area (TPSA) is 82.8 Å². The number of aliphatic carboxylic acids is 1. The first kappa shape index (κ1) is 16.0. The molecule has 0 aromatic carbocycles. The van der Waals surface area contributed by atoms with Crippen molar-refractivity contribution in [3.05, 3.63) is 40.3 Å². The van der Waals surface area contributed by atoms with Crippen molar-refractivity contribution in [3.8, 4) is 5.75 Å². The molecule has 1 aromatic heterocycles. The molecule has 110 valence electrons. The van der Waals surface area contributed by atoms with Crippen molar-refractivity contribution in [2.24, 2.45) is 0 Å². The summed E-state index contributed by atoms with van der Waals surface area (Å²) < 4.78 is 1.79. The fourth-order valence-electron chi connectivity index (χ4n) is 1.98. The van der Waals surface area contributed by atoms with Gasteiger partial charge in [-0.15, -0.1) is 6.58 Å². The first-order valence-electron chi connectivity index (χ1n) is 6.30. The van der Waals surface area contributed by atoms with Gasteiger partial charge >= 0.3 is 5.97 Å². The molecule has 0 bridgehead atoms. The summed E-state index contributed by atoms with van der Waals surface area (Å²) in [5.41, 5.74) is 0.779. The molecule has 6 heteroatoms. The number of pyridine rings is 1. The summed E-state index contributed by atoms with van der Waals surface area (Å²) in [6.07, 6.45) is 1.69. The SMILES string of the molecule is C=CCn1c(C)cc(=O)c(O)c1CN(C)CCC(=O)O. The molecular formula is C14H20N2O4. The van der Waals surface area contributed by atoms with Crippen molar-refractivity contribution in [3.63, 3.8) is 0 Å². The molecule has 0 saturated heterocycles. The lowest BCUT2D eigenvalue weighted by atomic mass is 10.2. The highest BCUT2D eigenvalue weighted by molar-refractivity contribution is 5.66. The van der Waals surface area contributed by atoms with Crippen molar-refractivity contribution in [2.45, 2.75) is 26.4 Å². The van der Waals surface area contributed by atoms with Gasteiger partial charge in [-0.2, -0.15) is 0 Å². The monoisotopic (exact) mass is 280 g/mol. The van der Waals surface area contributed by atoms with Crippen molar-refractivity contribution in [1.29, 1.82) is 0 Å². The first-order chi connectivity index (χ1) is 9.36. The fraction of sp³-hybridized carbons (Fsp3) is 0.429. The van der Waals surface area contributed by atoms with E-state index in [1.165, 1.54) is 6.07 Å². The quantitative estimate of drug-likeness (QED) is 0.727. The number of aromatic hydroxyl groups is 1. The van der Waals surface area contributed by atoms with Crippen LogP contribution < -0.4 is 5.43 Å². The number of rotatable bonds is 7. The van der Waals surface area contributed by atoms with Crippen LogP contribution in [0.4, 0.5) is 0 Å². The molecule has 1 heterocycles. The van der Waals surface area contributed by atoms with Gasteiger partial charge in [0.05, 0.1) is 12.1 Å².